The maximum Gasteiger partial charge on any atom is 0.387 e. The molecule has 19 heavy (non-hydrogen) atoms. The summed E-state index contributed by atoms with van der Waals surface area (Å²) in [6.45, 7) is -1.18. The first-order valence-electron chi connectivity index (χ1n) is 6.05. The fourth-order valence-corrected chi connectivity index (χ4v) is 1.98. The number of alkyl halides is 2. The zero-order valence-corrected chi connectivity index (χ0v) is 10.3. The molecule has 0 amide bonds. The summed E-state index contributed by atoms with van der Waals surface area (Å²) >= 11 is 0. The highest BCUT2D eigenvalue weighted by Crippen LogP contribution is 2.22. The van der Waals surface area contributed by atoms with Gasteiger partial charge in [-0.15, -0.1) is 0 Å². The zero-order valence-electron chi connectivity index (χ0n) is 10.3. The summed E-state index contributed by atoms with van der Waals surface area (Å²) < 4.78 is 34.1. The number of carbonyl (C=O) groups is 1. The lowest BCUT2D eigenvalue weighted by atomic mass is 10.0. The van der Waals surface area contributed by atoms with Gasteiger partial charge in [0.05, 0.1) is 18.8 Å². The second-order valence-corrected chi connectivity index (χ2v) is 4.23. The Morgan fingerprint density at radius 3 is 2.95 bits per heavy atom. The van der Waals surface area contributed by atoms with E-state index in [4.69, 9.17) is 4.74 Å². The lowest BCUT2D eigenvalue weighted by Crippen LogP contribution is -2.42. The van der Waals surface area contributed by atoms with Gasteiger partial charge in [-0.25, -0.2) is 0 Å². The molecule has 0 aliphatic carbocycles. The fourth-order valence-electron chi connectivity index (χ4n) is 1.98. The van der Waals surface area contributed by atoms with Crippen LogP contribution < -0.4 is 10.1 Å². The van der Waals surface area contributed by atoms with Gasteiger partial charge < -0.3 is 14.8 Å². The van der Waals surface area contributed by atoms with E-state index >= 15 is 0 Å². The normalized spacial score (nSPS) is 19.4. The smallest absolute Gasteiger partial charge is 0.387 e. The SMILES string of the molecule is O=C(CC1COCCN1)c1ccccc1OC(F)F. The van der Waals surface area contributed by atoms with Crippen LogP contribution in [0.3, 0.4) is 0 Å². The third-order valence-corrected chi connectivity index (χ3v) is 2.83. The maximum atomic E-state index is 12.3. The number of Topliss-reactive ketones (excluding diaryl/α,β-unsaturated/α-hetero) is 1. The van der Waals surface area contributed by atoms with Crippen LogP contribution in [0.4, 0.5) is 8.78 Å². The van der Waals surface area contributed by atoms with Gasteiger partial charge in [-0.05, 0) is 12.1 Å². The molecule has 1 N–H and O–H groups in total. The van der Waals surface area contributed by atoms with Crippen LogP contribution in [-0.2, 0) is 4.74 Å². The van der Waals surface area contributed by atoms with Gasteiger partial charge in [0.1, 0.15) is 5.75 Å². The van der Waals surface area contributed by atoms with Gasteiger partial charge in [0.25, 0.3) is 0 Å². The molecule has 1 aliphatic heterocycles. The number of hydrogen-bond donors (Lipinski definition) is 1. The number of nitrogens with one attached hydrogen (secondary N) is 1. The Bertz CT molecular complexity index is 434. The molecular formula is C13H15F2NO3. The van der Waals surface area contributed by atoms with Crippen LogP contribution >= 0.6 is 0 Å². The minimum absolute atomic E-state index is 0.0825. The molecule has 0 bridgehead atoms. The Kier molecular flexibility index (Phi) is 4.81. The van der Waals surface area contributed by atoms with Crippen molar-refractivity contribution in [1.82, 2.24) is 5.32 Å². The van der Waals surface area contributed by atoms with E-state index in [-0.39, 0.29) is 29.6 Å². The zero-order chi connectivity index (χ0) is 13.7. The van der Waals surface area contributed by atoms with E-state index in [0.717, 1.165) is 0 Å². The third-order valence-electron chi connectivity index (χ3n) is 2.83. The highest BCUT2D eigenvalue weighted by molar-refractivity contribution is 5.99. The second kappa shape index (κ2) is 6.58. The summed E-state index contributed by atoms with van der Waals surface area (Å²) in [5.41, 5.74) is 0.176. The minimum Gasteiger partial charge on any atom is -0.434 e. The number of benzene rings is 1. The first-order valence-corrected chi connectivity index (χ1v) is 6.05. The monoisotopic (exact) mass is 271 g/mol. The molecule has 2 rings (SSSR count). The van der Waals surface area contributed by atoms with Crippen molar-refractivity contribution in [2.45, 2.75) is 19.1 Å². The van der Waals surface area contributed by atoms with Gasteiger partial charge in [-0.1, -0.05) is 12.1 Å². The molecule has 0 spiro atoms. The maximum absolute atomic E-state index is 12.3. The van der Waals surface area contributed by atoms with Crippen molar-refractivity contribution in [3.63, 3.8) is 0 Å². The molecule has 1 unspecified atom stereocenters. The van der Waals surface area contributed by atoms with Crippen LogP contribution in [0, 0.1) is 0 Å². The summed E-state index contributed by atoms with van der Waals surface area (Å²) in [4.78, 5) is 12.1. The van der Waals surface area contributed by atoms with E-state index in [1.807, 2.05) is 0 Å². The van der Waals surface area contributed by atoms with E-state index in [0.29, 0.717) is 19.8 Å². The molecule has 1 aromatic rings. The third kappa shape index (κ3) is 3.97. The van der Waals surface area contributed by atoms with Crippen LogP contribution in [0.2, 0.25) is 0 Å². The van der Waals surface area contributed by atoms with Crippen LogP contribution in [0.5, 0.6) is 5.75 Å². The van der Waals surface area contributed by atoms with E-state index in [2.05, 4.69) is 10.1 Å². The molecule has 1 saturated heterocycles. The Hall–Kier alpha value is -1.53. The minimum atomic E-state index is -2.94. The Balaban J connectivity index is 2.05. The molecule has 104 valence electrons. The van der Waals surface area contributed by atoms with Crippen molar-refractivity contribution < 1.29 is 23.0 Å². The van der Waals surface area contributed by atoms with Crippen LogP contribution in [0.25, 0.3) is 0 Å². The lowest BCUT2D eigenvalue weighted by Gasteiger charge is -2.23. The van der Waals surface area contributed by atoms with Gasteiger partial charge in [-0.2, -0.15) is 8.78 Å². The highest BCUT2D eigenvalue weighted by Gasteiger charge is 2.21. The number of ketones is 1. The number of para-hydroxylation sites is 1. The van der Waals surface area contributed by atoms with E-state index in [1.165, 1.54) is 12.1 Å². The van der Waals surface area contributed by atoms with Crippen molar-refractivity contribution >= 4 is 5.78 Å². The lowest BCUT2D eigenvalue weighted by molar-refractivity contribution is -0.0501. The summed E-state index contributed by atoms with van der Waals surface area (Å²) in [6, 6.07) is 5.95. The fraction of sp³-hybridized carbons (Fsp3) is 0.462. The molecule has 1 heterocycles. The predicted molar refractivity (Wildman–Crippen MR) is 64.6 cm³/mol. The predicted octanol–water partition coefficient (Wildman–Crippen LogP) is 1.85. The molecule has 0 radical (unpaired) electrons. The Morgan fingerprint density at radius 2 is 2.26 bits per heavy atom. The summed E-state index contributed by atoms with van der Waals surface area (Å²) in [5, 5.41) is 3.15. The Morgan fingerprint density at radius 1 is 1.47 bits per heavy atom. The summed E-state index contributed by atoms with van der Waals surface area (Å²) in [6.07, 6.45) is 0.198. The average Bonchev–Trinajstić information content (AvgIpc) is 2.39. The number of halogens is 2. The topological polar surface area (TPSA) is 47.6 Å². The molecule has 6 heteroatoms. The van der Waals surface area contributed by atoms with Gasteiger partial charge in [0.2, 0.25) is 0 Å². The molecule has 4 nitrogen and oxygen atoms in total. The molecule has 0 aromatic heterocycles. The summed E-state index contributed by atoms with van der Waals surface area (Å²) in [7, 11) is 0. The van der Waals surface area contributed by atoms with Crippen molar-refractivity contribution in [2.75, 3.05) is 19.8 Å². The quantitative estimate of drug-likeness (QED) is 0.830. The van der Waals surface area contributed by atoms with Crippen molar-refractivity contribution in [3.8, 4) is 5.75 Å². The van der Waals surface area contributed by atoms with Gasteiger partial charge >= 0.3 is 6.61 Å². The van der Waals surface area contributed by atoms with E-state index in [9.17, 15) is 13.6 Å². The van der Waals surface area contributed by atoms with Crippen LogP contribution in [0.15, 0.2) is 24.3 Å². The number of ether oxygens (including phenoxy) is 2. The summed E-state index contributed by atoms with van der Waals surface area (Å²) in [5.74, 6) is -0.321. The number of morpholine rings is 1. The number of carbonyl (C=O) groups excluding carboxylic acids is 1. The second-order valence-electron chi connectivity index (χ2n) is 4.23. The van der Waals surface area contributed by atoms with E-state index < -0.39 is 6.61 Å². The molecule has 1 aliphatic rings. The number of rotatable bonds is 5. The van der Waals surface area contributed by atoms with E-state index in [1.54, 1.807) is 12.1 Å². The first-order chi connectivity index (χ1) is 9.16. The molecule has 1 aromatic carbocycles. The van der Waals surface area contributed by atoms with Crippen LogP contribution in [-0.4, -0.2) is 38.2 Å². The first kappa shape index (κ1) is 13.9. The molecule has 1 fully saturated rings. The van der Waals surface area contributed by atoms with Crippen molar-refractivity contribution in [1.29, 1.82) is 0 Å². The molecular weight excluding hydrogens is 256 g/mol. The van der Waals surface area contributed by atoms with Gasteiger partial charge in [0, 0.05) is 19.0 Å². The van der Waals surface area contributed by atoms with Crippen molar-refractivity contribution in [3.05, 3.63) is 29.8 Å². The van der Waals surface area contributed by atoms with Crippen molar-refractivity contribution in [2.24, 2.45) is 0 Å². The highest BCUT2D eigenvalue weighted by atomic mass is 19.3. The Labute approximate surface area is 109 Å². The van der Waals surface area contributed by atoms with Crippen LogP contribution in [0.1, 0.15) is 16.8 Å². The largest absolute Gasteiger partial charge is 0.434 e. The number of hydrogen-bond acceptors (Lipinski definition) is 4. The van der Waals surface area contributed by atoms with Gasteiger partial charge in [0.15, 0.2) is 5.78 Å². The molecule has 0 saturated carbocycles. The van der Waals surface area contributed by atoms with Gasteiger partial charge in [-0.3, -0.25) is 4.79 Å². The average molecular weight is 271 g/mol. The molecule has 1 atom stereocenters. The standard InChI is InChI=1S/C13H15F2NO3/c14-13(15)19-12-4-2-1-3-10(12)11(17)7-9-8-18-6-5-16-9/h1-4,9,13,16H,5-8H2.